The highest BCUT2D eigenvalue weighted by Gasteiger charge is 2.49. The van der Waals surface area contributed by atoms with Gasteiger partial charge in [0.15, 0.2) is 12.1 Å². The molecule has 1 aliphatic carbocycles. The number of rotatable bonds is 10. The van der Waals surface area contributed by atoms with Crippen LogP contribution in [0.5, 0.6) is 11.5 Å². The second kappa shape index (κ2) is 12.1. The van der Waals surface area contributed by atoms with Gasteiger partial charge in [-0.15, -0.1) is 0 Å². The standard InChI is InChI=1S/C25H28N2O8/c28-15-19(21(30)34-17-9-3-1-4-10-17)26-23(32)25(13-7-8-14-25)24(33)27-20(16-29)22(31)35-18-11-5-2-6-12-18/h1-6,9-12,19-20,28-29H,7-8,13-16H2,(H,26,32)(H,27,33)/t19-,20-/m1/s1. The molecule has 2 aromatic rings. The lowest BCUT2D eigenvalue weighted by atomic mass is 9.83. The SMILES string of the molecule is O=C(Oc1ccccc1)[C@@H](CO)NC(=O)C1(C(=O)N[C@H](CO)C(=O)Oc2ccccc2)CCCC1. The molecule has 1 saturated carbocycles. The van der Waals surface area contributed by atoms with Crippen molar-refractivity contribution < 1.29 is 38.9 Å². The molecule has 1 aliphatic rings. The van der Waals surface area contributed by atoms with Gasteiger partial charge in [0.25, 0.3) is 0 Å². The molecular formula is C25H28N2O8. The normalized spacial score (nSPS) is 15.9. The molecule has 2 atom stereocenters. The van der Waals surface area contributed by atoms with Crippen molar-refractivity contribution in [2.75, 3.05) is 13.2 Å². The van der Waals surface area contributed by atoms with Crippen LogP contribution >= 0.6 is 0 Å². The third-order valence-electron chi connectivity index (χ3n) is 5.79. The molecule has 0 aromatic heterocycles. The van der Waals surface area contributed by atoms with Gasteiger partial charge in [0.1, 0.15) is 16.9 Å². The van der Waals surface area contributed by atoms with Crippen LogP contribution in [0.25, 0.3) is 0 Å². The van der Waals surface area contributed by atoms with Crippen LogP contribution in [0.4, 0.5) is 0 Å². The topological polar surface area (TPSA) is 151 Å². The first-order valence-corrected chi connectivity index (χ1v) is 11.3. The first-order chi connectivity index (χ1) is 16.9. The summed E-state index contributed by atoms with van der Waals surface area (Å²) in [6.45, 7) is -1.48. The van der Waals surface area contributed by atoms with E-state index in [1.165, 1.54) is 0 Å². The molecule has 3 rings (SSSR count). The van der Waals surface area contributed by atoms with Crippen molar-refractivity contribution in [3.05, 3.63) is 60.7 Å². The van der Waals surface area contributed by atoms with Crippen molar-refractivity contribution in [3.8, 4) is 11.5 Å². The van der Waals surface area contributed by atoms with E-state index in [2.05, 4.69) is 10.6 Å². The molecule has 0 saturated heterocycles. The molecule has 0 bridgehead atoms. The van der Waals surface area contributed by atoms with E-state index in [1.807, 2.05) is 0 Å². The smallest absolute Gasteiger partial charge is 0.336 e. The fraction of sp³-hybridized carbons (Fsp3) is 0.360. The number of nitrogens with one attached hydrogen (secondary N) is 2. The van der Waals surface area contributed by atoms with E-state index >= 15 is 0 Å². The molecule has 0 heterocycles. The van der Waals surface area contributed by atoms with E-state index in [-0.39, 0.29) is 24.3 Å². The summed E-state index contributed by atoms with van der Waals surface area (Å²) < 4.78 is 10.4. The maximum absolute atomic E-state index is 13.2. The fourth-order valence-electron chi connectivity index (χ4n) is 3.84. The fourth-order valence-corrected chi connectivity index (χ4v) is 3.84. The van der Waals surface area contributed by atoms with Crippen LogP contribution in [0, 0.1) is 5.41 Å². The monoisotopic (exact) mass is 484 g/mol. The number of carbonyl (C=O) groups excluding carboxylic acids is 4. The highest BCUT2D eigenvalue weighted by molar-refractivity contribution is 6.07. The summed E-state index contributed by atoms with van der Waals surface area (Å²) in [5, 5.41) is 24.2. The summed E-state index contributed by atoms with van der Waals surface area (Å²) in [5.41, 5.74) is -1.58. The summed E-state index contributed by atoms with van der Waals surface area (Å²) in [6.07, 6.45) is 1.47. The van der Waals surface area contributed by atoms with Gasteiger partial charge in [-0.3, -0.25) is 9.59 Å². The number of hydrogen-bond donors (Lipinski definition) is 4. The maximum atomic E-state index is 13.2. The molecule has 35 heavy (non-hydrogen) atoms. The Morgan fingerprint density at radius 3 is 1.43 bits per heavy atom. The molecule has 0 aliphatic heterocycles. The van der Waals surface area contributed by atoms with E-state index in [1.54, 1.807) is 60.7 Å². The molecule has 10 nitrogen and oxygen atoms in total. The molecule has 2 aromatic carbocycles. The van der Waals surface area contributed by atoms with Crippen LogP contribution in [0.2, 0.25) is 0 Å². The molecule has 0 spiro atoms. The molecule has 4 N–H and O–H groups in total. The Balaban J connectivity index is 1.68. The number of benzene rings is 2. The van der Waals surface area contributed by atoms with Crippen LogP contribution < -0.4 is 20.1 Å². The first kappa shape index (κ1) is 25.9. The zero-order valence-corrected chi connectivity index (χ0v) is 19.0. The van der Waals surface area contributed by atoms with Crippen LogP contribution in [0.15, 0.2) is 60.7 Å². The Kier molecular flexibility index (Phi) is 8.93. The number of hydrogen-bond acceptors (Lipinski definition) is 8. The van der Waals surface area contributed by atoms with Crippen molar-refractivity contribution in [3.63, 3.8) is 0 Å². The lowest BCUT2D eigenvalue weighted by Gasteiger charge is -2.29. The van der Waals surface area contributed by atoms with Crippen molar-refractivity contribution in [1.29, 1.82) is 0 Å². The third-order valence-corrected chi connectivity index (χ3v) is 5.79. The van der Waals surface area contributed by atoms with Crippen molar-refractivity contribution in [1.82, 2.24) is 10.6 Å². The quantitative estimate of drug-likeness (QED) is 0.219. The molecular weight excluding hydrogens is 456 g/mol. The average molecular weight is 485 g/mol. The highest BCUT2D eigenvalue weighted by atomic mass is 16.5. The number of aliphatic hydroxyl groups excluding tert-OH is 2. The van der Waals surface area contributed by atoms with Gasteiger partial charge in [0.05, 0.1) is 13.2 Å². The number of para-hydroxylation sites is 2. The Hall–Kier alpha value is -3.76. The van der Waals surface area contributed by atoms with Crippen LogP contribution in [-0.2, 0) is 19.2 Å². The van der Waals surface area contributed by atoms with Crippen LogP contribution in [0.1, 0.15) is 25.7 Å². The number of carbonyl (C=O) groups is 4. The van der Waals surface area contributed by atoms with Gasteiger partial charge in [-0.2, -0.15) is 0 Å². The highest BCUT2D eigenvalue weighted by Crippen LogP contribution is 2.39. The Morgan fingerprint density at radius 1 is 0.714 bits per heavy atom. The summed E-state index contributed by atoms with van der Waals surface area (Å²) in [5.74, 6) is -2.85. The number of ether oxygens (including phenoxy) is 2. The van der Waals surface area contributed by atoms with Gasteiger partial charge in [-0.05, 0) is 37.1 Å². The van der Waals surface area contributed by atoms with Crippen molar-refractivity contribution in [2.24, 2.45) is 5.41 Å². The molecule has 0 radical (unpaired) electrons. The summed E-state index contributed by atoms with van der Waals surface area (Å²) in [7, 11) is 0. The second-order valence-corrected chi connectivity index (χ2v) is 8.17. The third kappa shape index (κ3) is 6.43. The Morgan fingerprint density at radius 2 is 1.09 bits per heavy atom. The lowest BCUT2D eigenvalue weighted by molar-refractivity contribution is -0.150. The molecule has 0 unspecified atom stereocenters. The van der Waals surface area contributed by atoms with E-state index in [9.17, 15) is 29.4 Å². The van der Waals surface area contributed by atoms with Gasteiger partial charge in [0.2, 0.25) is 11.8 Å². The van der Waals surface area contributed by atoms with E-state index in [0.717, 1.165) is 0 Å². The van der Waals surface area contributed by atoms with Gasteiger partial charge < -0.3 is 30.3 Å². The van der Waals surface area contributed by atoms with E-state index in [0.29, 0.717) is 12.8 Å². The molecule has 10 heteroatoms. The number of aliphatic hydroxyl groups is 2. The maximum Gasteiger partial charge on any atom is 0.336 e. The number of esters is 2. The predicted octanol–water partition coefficient (Wildman–Crippen LogP) is 0.712. The molecule has 2 amide bonds. The predicted molar refractivity (Wildman–Crippen MR) is 123 cm³/mol. The zero-order valence-electron chi connectivity index (χ0n) is 19.0. The lowest BCUT2D eigenvalue weighted by Crippen LogP contribution is -2.58. The minimum atomic E-state index is -1.58. The minimum Gasteiger partial charge on any atom is -0.425 e. The van der Waals surface area contributed by atoms with Crippen LogP contribution in [-0.4, -0.2) is 59.3 Å². The summed E-state index contributed by atoms with van der Waals surface area (Å²) in [6, 6.07) is 13.5. The molecule has 186 valence electrons. The average Bonchev–Trinajstić information content (AvgIpc) is 3.38. The first-order valence-electron chi connectivity index (χ1n) is 11.3. The van der Waals surface area contributed by atoms with Gasteiger partial charge in [-0.1, -0.05) is 49.2 Å². The van der Waals surface area contributed by atoms with Crippen molar-refractivity contribution in [2.45, 2.75) is 37.8 Å². The van der Waals surface area contributed by atoms with Crippen molar-refractivity contribution >= 4 is 23.8 Å². The zero-order chi connectivity index (χ0) is 25.3. The van der Waals surface area contributed by atoms with Gasteiger partial charge in [-0.25, -0.2) is 9.59 Å². The van der Waals surface area contributed by atoms with E-state index < -0.39 is 54.5 Å². The van der Waals surface area contributed by atoms with Gasteiger partial charge in [0, 0.05) is 0 Å². The minimum absolute atomic E-state index is 0.169. The van der Waals surface area contributed by atoms with Crippen LogP contribution in [0.3, 0.4) is 0 Å². The summed E-state index contributed by atoms with van der Waals surface area (Å²) >= 11 is 0. The Labute approximate surface area is 202 Å². The largest absolute Gasteiger partial charge is 0.425 e. The van der Waals surface area contributed by atoms with E-state index in [4.69, 9.17) is 9.47 Å². The second-order valence-electron chi connectivity index (χ2n) is 8.17. The summed E-state index contributed by atoms with van der Waals surface area (Å²) in [4.78, 5) is 51.3. The van der Waals surface area contributed by atoms with Gasteiger partial charge >= 0.3 is 11.9 Å². The number of amides is 2. The molecule has 1 fully saturated rings. The Bertz CT molecular complexity index is 945.